The van der Waals surface area contributed by atoms with Crippen LogP contribution in [0, 0.1) is 13.8 Å². The average Bonchev–Trinajstić information content (AvgIpc) is 2.65. The molecule has 0 atom stereocenters. The van der Waals surface area contributed by atoms with Crippen LogP contribution in [0.1, 0.15) is 21.5 Å². The number of carbonyl (C=O) groups is 1. The number of carbonyl (C=O) groups excluding carboxylic acids is 1. The summed E-state index contributed by atoms with van der Waals surface area (Å²) in [7, 11) is 1.96. The van der Waals surface area contributed by atoms with Gasteiger partial charge in [-0.1, -0.05) is 30.3 Å². The van der Waals surface area contributed by atoms with Crippen molar-refractivity contribution in [3.05, 3.63) is 83.7 Å². The molecule has 2 aromatic carbocycles. The Labute approximate surface area is 148 Å². The molecule has 1 N–H and O–H groups in total. The molecule has 0 radical (unpaired) electrons. The average molecular weight is 331 g/mol. The van der Waals surface area contributed by atoms with Gasteiger partial charge >= 0.3 is 0 Å². The van der Waals surface area contributed by atoms with Crippen molar-refractivity contribution in [3.8, 4) is 0 Å². The summed E-state index contributed by atoms with van der Waals surface area (Å²) in [6.07, 6.45) is 3.34. The summed E-state index contributed by atoms with van der Waals surface area (Å²) in [4.78, 5) is 18.9. The maximum Gasteiger partial charge on any atom is 0.257 e. The number of hydrogen-bond acceptors (Lipinski definition) is 3. The molecule has 0 spiro atoms. The van der Waals surface area contributed by atoms with E-state index in [1.54, 1.807) is 12.4 Å². The van der Waals surface area contributed by atoms with Gasteiger partial charge in [-0.15, -0.1) is 0 Å². The maximum atomic E-state index is 12.6. The standard InChI is InChI=1S/C21H21N3O/c1-15-9-10-16(2)20(11-15)23-21(25)17-12-19(14-22-13-17)24(3)18-7-5-4-6-8-18/h4-14H,1-3H3,(H,23,25). The number of aromatic nitrogens is 1. The van der Waals surface area contributed by atoms with Crippen LogP contribution >= 0.6 is 0 Å². The van der Waals surface area contributed by atoms with E-state index >= 15 is 0 Å². The first-order valence-corrected chi connectivity index (χ1v) is 8.17. The molecule has 126 valence electrons. The van der Waals surface area contributed by atoms with Crippen molar-refractivity contribution in [1.29, 1.82) is 0 Å². The fraction of sp³-hybridized carbons (Fsp3) is 0.143. The predicted molar refractivity (Wildman–Crippen MR) is 103 cm³/mol. The molecule has 0 unspecified atom stereocenters. The van der Waals surface area contributed by atoms with E-state index in [0.717, 1.165) is 28.2 Å². The summed E-state index contributed by atoms with van der Waals surface area (Å²) in [5.41, 5.74) is 5.39. The number of benzene rings is 2. The van der Waals surface area contributed by atoms with E-state index in [1.807, 2.05) is 80.4 Å². The van der Waals surface area contributed by atoms with Crippen LogP contribution in [0.4, 0.5) is 17.1 Å². The highest BCUT2D eigenvalue weighted by atomic mass is 16.1. The van der Waals surface area contributed by atoms with Gasteiger partial charge in [-0.05, 0) is 49.2 Å². The topological polar surface area (TPSA) is 45.2 Å². The minimum atomic E-state index is -0.162. The fourth-order valence-electron chi connectivity index (χ4n) is 2.60. The molecule has 1 heterocycles. The third kappa shape index (κ3) is 3.86. The van der Waals surface area contributed by atoms with Gasteiger partial charge in [-0.3, -0.25) is 9.78 Å². The zero-order valence-corrected chi connectivity index (χ0v) is 14.7. The van der Waals surface area contributed by atoms with E-state index in [9.17, 15) is 4.79 Å². The second-order valence-corrected chi connectivity index (χ2v) is 6.10. The van der Waals surface area contributed by atoms with Crippen LogP contribution in [-0.4, -0.2) is 17.9 Å². The second-order valence-electron chi connectivity index (χ2n) is 6.10. The Bertz CT molecular complexity index is 891. The highest BCUT2D eigenvalue weighted by Gasteiger charge is 2.11. The van der Waals surface area contributed by atoms with Crippen molar-refractivity contribution in [3.63, 3.8) is 0 Å². The van der Waals surface area contributed by atoms with Gasteiger partial charge in [0.15, 0.2) is 0 Å². The Morgan fingerprint density at radius 3 is 2.48 bits per heavy atom. The molecule has 1 amide bonds. The lowest BCUT2D eigenvalue weighted by Crippen LogP contribution is -2.15. The lowest BCUT2D eigenvalue weighted by Gasteiger charge is -2.19. The number of rotatable bonds is 4. The molecule has 3 aromatic rings. The van der Waals surface area contributed by atoms with Gasteiger partial charge in [-0.25, -0.2) is 0 Å². The summed E-state index contributed by atoms with van der Waals surface area (Å²) < 4.78 is 0. The first-order chi connectivity index (χ1) is 12.0. The highest BCUT2D eigenvalue weighted by molar-refractivity contribution is 6.05. The van der Waals surface area contributed by atoms with Crippen molar-refractivity contribution >= 4 is 23.0 Å². The van der Waals surface area contributed by atoms with Crippen molar-refractivity contribution in [2.75, 3.05) is 17.3 Å². The highest BCUT2D eigenvalue weighted by Crippen LogP contribution is 2.24. The summed E-state index contributed by atoms with van der Waals surface area (Å²) in [6, 6.07) is 17.8. The molecule has 0 aliphatic rings. The normalized spacial score (nSPS) is 10.4. The summed E-state index contributed by atoms with van der Waals surface area (Å²) in [5.74, 6) is -0.162. The Morgan fingerprint density at radius 2 is 1.72 bits per heavy atom. The first-order valence-electron chi connectivity index (χ1n) is 8.17. The van der Waals surface area contributed by atoms with Gasteiger partial charge in [0, 0.05) is 24.6 Å². The van der Waals surface area contributed by atoms with E-state index in [4.69, 9.17) is 0 Å². The molecule has 4 nitrogen and oxygen atoms in total. The molecule has 0 fully saturated rings. The number of para-hydroxylation sites is 1. The second kappa shape index (κ2) is 7.18. The number of anilines is 3. The lowest BCUT2D eigenvalue weighted by molar-refractivity contribution is 0.102. The number of nitrogens with one attached hydrogen (secondary N) is 1. The Kier molecular flexibility index (Phi) is 4.80. The molecule has 3 rings (SSSR count). The van der Waals surface area contributed by atoms with Gasteiger partial charge in [-0.2, -0.15) is 0 Å². The van der Waals surface area contributed by atoms with Crippen LogP contribution in [0.25, 0.3) is 0 Å². The molecule has 4 heteroatoms. The molecule has 0 saturated carbocycles. The van der Waals surface area contributed by atoms with Crippen molar-refractivity contribution in [2.45, 2.75) is 13.8 Å². The zero-order chi connectivity index (χ0) is 17.8. The van der Waals surface area contributed by atoms with Crippen molar-refractivity contribution < 1.29 is 4.79 Å². The van der Waals surface area contributed by atoms with Crippen molar-refractivity contribution in [2.24, 2.45) is 0 Å². The molecule has 25 heavy (non-hydrogen) atoms. The Balaban J connectivity index is 1.83. The van der Waals surface area contributed by atoms with E-state index in [2.05, 4.69) is 10.3 Å². The summed E-state index contributed by atoms with van der Waals surface area (Å²) in [5, 5.41) is 2.98. The van der Waals surface area contributed by atoms with Crippen LogP contribution in [0.3, 0.4) is 0 Å². The Hall–Kier alpha value is -3.14. The monoisotopic (exact) mass is 331 g/mol. The SMILES string of the molecule is Cc1ccc(C)c(NC(=O)c2cncc(N(C)c3ccccc3)c2)c1. The molecule has 0 saturated heterocycles. The van der Waals surface area contributed by atoms with Gasteiger partial charge in [0.25, 0.3) is 5.91 Å². The minimum absolute atomic E-state index is 0.162. The largest absolute Gasteiger partial charge is 0.343 e. The van der Waals surface area contributed by atoms with Crippen LogP contribution in [0.15, 0.2) is 67.0 Å². The molecule has 0 aliphatic heterocycles. The minimum Gasteiger partial charge on any atom is -0.343 e. The number of amides is 1. The number of hydrogen-bond donors (Lipinski definition) is 1. The lowest BCUT2D eigenvalue weighted by atomic mass is 10.1. The third-order valence-corrected chi connectivity index (χ3v) is 4.16. The van der Waals surface area contributed by atoms with Gasteiger partial charge < -0.3 is 10.2 Å². The van der Waals surface area contributed by atoms with E-state index in [0.29, 0.717) is 5.56 Å². The number of pyridine rings is 1. The summed E-state index contributed by atoms with van der Waals surface area (Å²) >= 11 is 0. The molecule has 0 aliphatic carbocycles. The quantitative estimate of drug-likeness (QED) is 0.752. The zero-order valence-electron chi connectivity index (χ0n) is 14.7. The number of nitrogens with zero attached hydrogens (tertiary/aromatic N) is 2. The van der Waals surface area contributed by atoms with Crippen LogP contribution in [0.2, 0.25) is 0 Å². The van der Waals surface area contributed by atoms with E-state index in [1.165, 1.54) is 0 Å². The summed E-state index contributed by atoms with van der Waals surface area (Å²) in [6.45, 7) is 3.99. The van der Waals surface area contributed by atoms with Gasteiger partial charge in [0.2, 0.25) is 0 Å². The third-order valence-electron chi connectivity index (χ3n) is 4.16. The van der Waals surface area contributed by atoms with E-state index < -0.39 is 0 Å². The van der Waals surface area contributed by atoms with Crippen molar-refractivity contribution in [1.82, 2.24) is 4.98 Å². The first kappa shape index (κ1) is 16.7. The smallest absolute Gasteiger partial charge is 0.257 e. The predicted octanol–water partition coefficient (Wildman–Crippen LogP) is 4.72. The molecular formula is C21H21N3O. The van der Waals surface area contributed by atoms with Gasteiger partial charge in [0.1, 0.15) is 0 Å². The van der Waals surface area contributed by atoms with Crippen LogP contribution in [-0.2, 0) is 0 Å². The van der Waals surface area contributed by atoms with E-state index in [-0.39, 0.29) is 5.91 Å². The van der Waals surface area contributed by atoms with Crippen LogP contribution < -0.4 is 10.2 Å². The molecule has 0 bridgehead atoms. The molecular weight excluding hydrogens is 310 g/mol. The fourth-order valence-corrected chi connectivity index (χ4v) is 2.60. The number of aryl methyl sites for hydroxylation is 2. The van der Waals surface area contributed by atoms with Gasteiger partial charge in [0.05, 0.1) is 17.4 Å². The maximum absolute atomic E-state index is 12.6. The molecule has 1 aromatic heterocycles. The Morgan fingerprint density at radius 1 is 0.960 bits per heavy atom. The van der Waals surface area contributed by atoms with Crippen LogP contribution in [0.5, 0.6) is 0 Å².